The van der Waals surface area contributed by atoms with E-state index in [1.165, 1.54) is 32.0 Å². The summed E-state index contributed by atoms with van der Waals surface area (Å²) in [5, 5.41) is 4.28. The van der Waals surface area contributed by atoms with Crippen molar-refractivity contribution in [2.24, 2.45) is 0 Å². The van der Waals surface area contributed by atoms with E-state index < -0.39 is 0 Å². The quantitative estimate of drug-likeness (QED) is 0.340. The highest BCUT2D eigenvalue weighted by Gasteiger charge is 2.12. The molecule has 0 nitrogen and oxygen atoms in total. The van der Waals surface area contributed by atoms with Crippen LogP contribution in [-0.4, -0.2) is 0 Å². The largest absolute Gasteiger partial charge is 0.144 e. The van der Waals surface area contributed by atoms with Crippen molar-refractivity contribution in [2.75, 3.05) is 0 Å². The van der Waals surface area contributed by atoms with E-state index in [2.05, 4.69) is 89.6 Å². The minimum atomic E-state index is 1.22. The van der Waals surface area contributed by atoms with Gasteiger partial charge in [0.2, 0.25) is 0 Å². The molecule has 2 aromatic heterocycles. The predicted octanol–water partition coefficient (Wildman–Crippen LogP) is 7.31. The van der Waals surface area contributed by atoms with E-state index in [1.54, 1.807) is 22.7 Å². The van der Waals surface area contributed by atoms with Gasteiger partial charge in [-0.25, -0.2) is 0 Å². The predicted molar refractivity (Wildman–Crippen MR) is 108 cm³/mol. The van der Waals surface area contributed by atoms with Gasteiger partial charge in [-0.2, -0.15) is 0 Å². The second kappa shape index (κ2) is 7.00. The molecule has 0 atom stereocenters. The first-order valence-corrected chi connectivity index (χ1v) is 9.62. The first-order chi connectivity index (χ1) is 11.9. The van der Waals surface area contributed by atoms with Crippen molar-refractivity contribution >= 4 is 34.8 Å². The van der Waals surface area contributed by atoms with E-state index in [0.717, 1.165) is 0 Å². The second-order valence-corrected chi connectivity index (χ2v) is 7.36. The van der Waals surface area contributed by atoms with Crippen LogP contribution in [0.3, 0.4) is 0 Å². The van der Waals surface area contributed by atoms with Gasteiger partial charge in [0.05, 0.1) is 0 Å². The van der Waals surface area contributed by atoms with Crippen LogP contribution in [0.25, 0.3) is 33.0 Å². The maximum atomic E-state index is 2.22. The van der Waals surface area contributed by atoms with E-state index in [0.29, 0.717) is 0 Å². The maximum Gasteiger partial charge on any atom is 0.0355 e. The van der Waals surface area contributed by atoms with E-state index in [1.807, 2.05) is 6.07 Å². The lowest BCUT2D eigenvalue weighted by Crippen LogP contribution is -1.85. The average Bonchev–Trinajstić information content (AvgIpc) is 3.34. The summed E-state index contributed by atoms with van der Waals surface area (Å²) in [5.74, 6) is 0. The summed E-state index contributed by atoms with van der Waals surface area (Å²) < 4.78 is 0. The first kappa shape index (κ1) is 15.1. The lowest BCUT2D eigenvalue weighted by atomic mass is 9.97. The van der Waals surface area contributed by atoms with Crippen molar-refractivity contribution in [3.05, 3.63) is 94.7 Å². The third kappa shape index (κ3) is 3.12. The first-order valence-electron chi connectivity index (χ1n) is 7.86. The number of thiophene rings is 2. The van der Waals surface area contributed by atoms with Crippen LogP contribution >= 0.6 is 22.7 Å². The molecule has 0 bridgehead atoms. The summed E-state index contributed by atoms with van der Waals surface area (Å²) in [6.07, 6.45) is 4.41. The Morgan fingerprint density at radius 3 is 2.04 bits per heavy atom. The summed E-state index contributed by atoms with van der Waals surface area (Å²) in [6, 6.07) is 25.7. The SMILES string of the molecule is C(=Cc1cccc(-c2cccs2)c1-c1cccs1)c1ccccc1. The molecule has 0 amide bonds. The normalized spacial score (nSPS) is 11.2. The fourth-order valence-corrected chi connectivity index (χ4v) is 4.36. The monoisotopic (exact) mass is 344 g/mol. The minimum absolute atomic E-state index is 1.22. The van der Waals surface area contributed by atoms with Crippen LogP contribution in [0.4, 0.5) is 0 Å². The molecule has 24 heavy (non-hydrogen) atoms. The van der Waals surface area contributed by atoms with Crippen LogP contribution in [0, 0.1) is 0 Å². The molecule has 4 aromatic rings. The van der Waals surface area contributed by atoms with Gasteiger partial charge in [-0.1, -0.05) is 72.8 Å². The van der Waals surface area contributed by atoms with Crippen molar-refractivity contribution in [1.29, 1.82) is 0 Å². The van der Waals surface area contributed by atoms with E-state index in [4.69, 9.17) is 0 Å². The van der Waals surface area contributed by atoms with E-state index in [9.17, 15) is 0 Å². The summed E-state index contributed by atoms with van der Waals surface area (Å²) >= 11 is 3.59. The van der Waals surface area contributed by atoms with Crippen molar-refractivity contribution < 1.29 is 0 Å². The molecule has 0 unspecified atom stereocenters. The Bertz CT molecular complexity index is 931. The molecule has 0 aliphatic carbocycles. The van der Waals surface area contributed by atoms with E-state index in [-0.39, 0.29) is 0 Å². The third-order valence-corrected chi connectivity index (χ3v) is 5.70. The van der Waals surface area contributed by atoms with Gasteiger partial charge in [-0.3, -0.25) is 0 Å². The van der Waals surface area contributed by atoms with Gasteiger partial charge in [0.15, 0.2) is 0 Å². The lowest BCUT2D eigenvalue weighted by Gasteiger charge is -2.10. The maximum absolute atomic E-state index is 2.22. The van der Waals surface area contributed by atoms with Crippen LogP contribution in [0.15, 0.2) is 83.6 Å². The van der Waals surface area contributed by atoms with Crippen LogP contribution in [0.2, 0.25) is 0 Å². The van der Waals surface area contributed by atoms with Gasteiger partial charge in [0.25, 0.3) is 0 Å². The number of hydrogen-bond donors (Lipinski definition) is 0. The summed E-state index contributed by atoms with van der Waals surface area (Å²) in [4.78, 5) is 2.63. The number of hydrogen-bond acceptors (Lipinski definition) is 2. The molecule has 0 fully saturated rings. The molecule has 0 radical (unpaired) electrons. The van der Waals surface area contributed by atoms with Crippen LogP contribution in [-0.2, 0) is 0 Å². The van der Waals surface area contributed by atoms with Crippen molar-refractivity contribution in [2.45, 2.75) is 0 Å². The van der Waals surface area contributed by atoms with Crippen molar-refractivity contribution in [1.82, 2.24) is 0 Å². The third-order valence-electron chi connectivity index (χ3n) is 3.91. The summed E-state index contributed by atoms with van der Waals surface area (Å²) in [7, 11) is 0. The van der Waals surface area contributed by atoms with Crippen molar-refractivity contribution in [3.8, 4) is 20.9 Å². The Hall–Kier alpha value is -2.42. The highest BCUT2D eigenvalue weighted by molar-refractivity contribution is 7.14. The van der Waals surface area contributed by atoms with Gasteiger partial charge in [0, 0.05) is 20.9 Å². The molecular weight excluding hydrogens is 328 g/mol. The van der Waals surface area contributed by atoms with Crippen LogP contribution < -0.4 is 0 Å². The Balaban J connectivity index is 1.85. The Labute approximate surface area is 150 Å². The fraction of sp³-hybridized carbons (Fsp3) is 0. The summed E-state index contributed by atoms with van der Waals surface area (Å²) in [6.45, 7) is 0. The summed E-state index contributed by atoms with van der Waals surface area (Å²) in [5.41, 5.74) is 5.10. The molecule has 0 aliphatic rings. The van der Waals surface area contributed by atoms with E-state index >= 15 is 0 Å². The highest BCUT2D eigenvalue weighted by atomic mass is 32.1. The van der Waals surface area contributed by atoms with Crippen molar-refractivity contribution in [3.63, 3.8) is 0 Å². The standard InChI is InChI=1S/C22H16S2/c1-2-7-17(8-3-1)13-14-18-9-4-10-19(20-11-5-15-23-20)22(18)21-12-6-16-24-21/h1-16H. The van der Waals surface area contributed by atoms with Gasteiger partial charge in [0.1, 0.15) is 0 Å². The average molecular weight is 345 g/mol. The Morgan fingerprint density at radius 1 is 0.583 bits per heavy atom. The topological polar surface area (TPSA) is 0 Å². The molecule has 2 heteroatoms. The van der Waals surface area contributed by atoms with Crippen LogP contribution in [0.5, 0.6) is 0 Å². The van der Waals surface area contributed by atoms with Gasteiger partial charge in [-0.05, 0) is 34.0 Å². The molecule has 2 heterocycles. The Morgan fingerprint density at radius 2 is 1.33 bits per heavy atom. The molecule has 0 saturated heterocycles. The smallest absolute Gasteiger partial charge is 0.0355 e. The zero-order valence-corrected chi connectivity index (χ0v) is 14.7. The second-order valence-electron chi connectivity index (χ2n) is 5.47. The molecule has 4 rings (SSSR count). The Kier molecular flexibility index (Phi) is 4.41. The van der Waals surface area contributed by atoms with Gasteiger partial charge < -0.3 is 0 Å². The zero-order chi connectivity index (χ0) is 16.2. The molecular formula is C22H16S2. The van der Waals surface area contributed by atoms with Gasteiger partial charge >= 0.3 is 0 Å². The molecule has 0 N–H and O–H groups in total. The minimum Gasteiger partial charge on any atom is -0.144 e. The fourth-order valence-electron chi connectivity index (χ4n) is 2.79. The number of benzene rings is 2. The zero-order valence-electron chi connectivity index (χ0n) is 13.1. The highest BCUT2D eigenvalue weighted by Crippen LogP contribution is 2.39. The van der Waals surface area contributed by atoms with Gasteiger partial charge in [-0.15, -0.1) is 22.7 Å². The lowest BCUT2D eigenvalue weighted by molar-refractivity contribution is 1.63. The molecule has 0 saturated carbocycles. The van der Waals surface area contributed by atoms with Crippen LogP contribution in [0.1, 0.15) is 11.1 Å². The molecule has 116 valence electrons. The molecule has 0 spiro atoms. The number of rotatable bonds is 4. The molecule has 2 aromatic carbocycles. The molecule has 0 aliphatic heterocycles.